The third-order valence-corrected chi connectivity index (χ3v) is 2.10. The van der Waals surface area contributed by atoms with E-state index in [2.05, 4.69) is 0 Å². The van der Waals surface area contributed by atoms with Crippen molar-refractivity contribution in [2.24, 2.45) is 0 Å². The molecule has 82 valence electrons. The molecule has 0 heterocycles. The molecule has 0 bridgehead atoms. The summed E-state index contributed by atoms with van der Waals surface area (Å²) in [5, 5.41) is 29.7. The summed E-state index contributed by atoms with van der Waals surface area (Å²) < 4.78 is 0. The minimum Gasteiger partial charge on any atom is -0.258 e. The zero-order chi connectivity index (χ0) is 12.3. The minimum atomic E-state index is -0.716. The van der Waals surface area contributed by atoms with Crippen LogP contribution in [0.1, 0.15) is 11.1 Å². The Hall–Kier alpha value is -2.49. The third-order valence-electron chi connectivity index (χ3n) is 2.10. The van der Waals surface area contributed by atoms with Crippen molar-refractivity contribution in [3.8, 4) is 6.07 Å². The Bertz CT molecular complexity index is 504. The zero-order valence-electron chi connectivity index (χ0n) is 8.34. The van der Waals surface area contributed by atoms with E-state index in [1.165, 1.54) is 13.0 Å². The fourth-order valence-electron chi connectivity index (χ4n) is 1.36. The van der Waals surface area contributed by atoms with E-state index < -0.39 is 9.85 Å². The Morgan fingerprint density at radius 2 is 1.94 bits per heavy atom. The molecular weight excluding hydrogens is 214 g/mol. The van der Waals surface area contributed by atoms with Gasteiger partial charge in [-0.15, -0.1) is 0 Å². The second kappa shape index (κ2) is 4.35. The van der Waals surface area contributed by atoms with Crippen LogP contribution in [0.15, 0.2) is 12.1 Å². The number of non-ortho nitro benzene ring substituents is 1. The molecule has 1 aromatic rings. The first-order valence-corrected chi connectivity index (χ1v) is 4.26. The van der Waals surface area contributed by atoms with Gasteiger partial charge in [-0.2, -0.15) is 5.26 Å². The van der Waals surface area contributed by atoms with Crippen LogP contribution in [0.3, 0.4) is 0 Å². The van der Waals surface area contributed by atoms with Crippen molar-refractivity contribution in [3.63, 3.8) is 0 Å². The van der Waals surface area contributed by atoms with E-state index in [-0.39, 0.29) is 23.4 Å². The summed E-state index contributed by atoms with van der Waals surface area (Å²) in [6.07, 6.45) is -0.139. The second-order valence-electron chi connectivity index (χ2n) is 3.11. The summed E-state index contributed by atoms with van der Waals surface area (Å²) in [7, 11) is 0. The van der Waals surface area contributed by atoms with Crippen molar-refractivity contribution < 1.29 is 9.85 Å². The number of benzene rings is 1. The first kappa shape index (κ1) is 11.6. The third kappa shape index (κ3) is 2.12. The Morgan fingerprint density at radius 3 is 2.38 bits per heavy atom. The Kier molecular flexibility index (Phi) is 3.15. The average molecular weight is 221 g/mol. The highest BCUT2D eigenvalue weighted by molar-refractivity contribution is 5.54. The van der Waals surface area contributed by atoms with Gasteiger partial charge >= 0.3 is 0 Å². The standard InChI is InChI=1S/C9H7N3O4/c1-6-4-7(11(13)14)5-9(12(15)16)8(6)2-3-10/h4-5H,2H2,1H3. The summed E-state index contributed by atoms with van der Waals surface area (Å²) in [4.78, 5) is 19.8. The van der Waals surface area contributed by atoms with Crippen molar-refractivity contribution in [2.45, 2.75) is 13.3 Å². The van der Waals surface area contributed by atoms with Gasteiger partial charge in [-0.05, 0) is 12.5 Å². The fraction of sp³-hybridized carbons (Fsp3) is 0.222. The van der Waals surface area contributed by atoms with Gasteiger partial charge in [-0.3, -0.25) is 20.2 Å². The molecule has 0 aliphatic heterocycles. The molecule has 0 radical (unpaired) electrons. The van der Waals surface area contributed by atoms with Crippen molar-refractivity contribution >= 4 is 11.4 Å². The van der Waals surface area contributed by atoms with Gasteiger partial charge in [0.05, 0.1) is 28.4 Å². The molecule has 7 heteroatoms. The smallest absolute Gasteiger partial charge is 0.258 e. The lowest BCUT2D eigenvalue weighted by Crippen LogP contribution is -2.00. The molecule has 0 aliphatic rings. The molecule has 0 saturated carbocycles. The Labute approximate surface area is 90.2 Å². The first-order chi connectivity index (χ1) is 7.47. The maximum atomic E-state index is 10.7. The van der Waals surface area contributed by atoms with Crippen LogP contribution >= 0.6 is 0 Å². The van der Waals surface area contributed by atoms with Gasteiger partial charge in [0.2, 0.25) is 0 Å². The molecule has 1 aromatic carbocycles. The lowest BCUT2D eigenvalue weighted by Gasteiger charge is -2.02. The maximum absolute atomic E-state index is 10.7. The molecule has 0 spiro atoms. The summed E-state index contributed by atoms with van der Waals surface area (Å²) in [5.41, 5.74) is -0.125. The number of nitriles is 1. The molecule has 7 nitrogen and oxygen atoms in total. The number of nitro groups is 2. The van der Waals surface area contributed by atoms with Gasteiger partial charge in [-0.25, -0.2) is 0 Å². The fourth-order valence-corrected chi connectivity index (χ4v) is 1.36. The van der Waals surface area contributed by atoms with Gasteiger partial charge < -0.3 is 0 Å². The molecule has 16 heavy (non-hydrogen) atoms. The van der Waals surface area contributed by atoms with E-state index in [1.807, 2.05) is 0 Å². The minimum absolute atomic E-state index is 0.139. The van der Waals surface area contributed by atoms with Crippen LogP contribution in [0.4, 0.5) is 11.4 Å². The Balaban J connectivity index is 3.46. The topological polar surface area (TPSA) is 110 Å². The highest BCUT2D eigenvalue weighted by atomic mass is 16.6. The van der Waals surface area contributed by atoms with Gasteiger partial charge in [0.15, 0.2) is 0 Å². The maximum Gasteiger partial charge on any atom is 0.280 e. The molecule has 0 aromatic heterocycles. The molecular formula is C9H7N3O4. The SMILES string of the molecule is Cc1cc([N+](=O)[O-])cc([N+](=O)[O-])c1CC#N. The summed E-state index contributed by atoms with van der Waals surface area (Å²) in [6.45, 7) is 1.51. The molecule has 0 fully saturated rings. The van der Waals surface area contributed by atoms with E-state index in [0.717, 1.165) is 6.07 Å². The Morgan fingerprint density at radius 1 is 1.31 bits per heavy atom. The van der Waals surface area contributed by atoms with Gasteiger partial charge in [0.1, 0.15) is 0 Å². The van der Waals surface area contributed by atoms with Gasteiger partial charge in [0, 0.05) is 11.6 Å². The number of nitro benzene ring substituents is 2. The summed E-state index contributed by atoms with van der Waals surface area (Å²) in [5.74, 6) is 0. The highest BCUT2D eigenvalue weighted by Gasteiger charge is 2.21. The number of hydrogen-bond donors (Lipinski definition) is 0. The lowest BCUT2D eigenvalue weighted by atomic mass is 10.0. The predicted octanol–water partition coefficient (Wildman–Crippen LogP) is 1.88. The number of nitrogens with zero attached hydrogens (tertiary/aromatic N) is 3. The van der Waals surface area contributed by atoms with Gasteiger partial charge in [-0.1, -0.05) is 0 Å². The number of aryl methyl sites for hydroxylation is 1. The quantitative estimate of drug-likeness (QED) is 0.571. The molecule has 0 N–H and O–H groups in total. The first-order valence-electron chi connectivity index (χ1n) is 4.26. The summed E-state index contributed by atoms with van der Waals surface area (Å²) >= 11 is 0. The summed E-state index contributed by atoms with van der Waals surface area (Å²) in [6, 6.07) is 3.89. The van der Waals surface area contributed by atoms with Crippen molar-refractivity contribution in [2.75, 3.05) is 0 Å². The largest absolute Gasteiger partial charge is 0.280 e. The molecule has 0 aliphatic carbocycles. The molecule has 0 unspecified atom stereocenters. The van der Waals surface area contributed by atoms with E-state index in [0.29, 0.717) is 5.56 Å². The van der Waals surface area contributed by atoms with Crippen LogP contribution in [-0.2, 0) is 6.42 Å². The number of hydrogen-bond acceptors (Lipinski definition) is 5. The van der Waals surface area contributed by atoms with Gasteiger partial charge in [0.25, 0.3) is 11.4 Å². The van der Waals surface area contributed by atoms with E-state index in [4.69, 9.17) is 5.26 Å². The zero-order valence-corrected chi connectivity index (χ0v) is 8.34. The van der Waals surface area contributed by atoms with Crippen LogP contribution in [0, 0.1) is 38.5 Å². The monoisotopic (exact) mass is 221 g/mol. The van der Waals surface area contributed by atoms with Crippen LogP contribution in [0.5, 0.6) is 0 Å². The van der Waals surface area contributed by atoms with Crippen molar-refractivity contribution in [1.82, 2.24) is 0 Å². The van der Waals surface area contributed by atoms with Crippen LogP contribution < -0.4 is 0 Å². The predicted molar refractivity (Wildman–Crippen MR) is 53.8 cm³/mol. The second-order valence-corrected chi connectivity index (χ2v) is 3.11. The molecule has 1 rings (SSSR count). The molecule has 0 amide bonds. The van der Waals surface area contributed by atoms with Crippen LogP contribution in [0.25, 0.3) is 0 Å². The highest BCUT2D eigenvalue weighted by Crippen LogP contribution is 2.28. The van der Waals surface area contributed by atoms with E-state index in [9.17, 15) is 20.2 Å². The van der Waals surface area contributed by atoms with E-state index in [1.54, 1.807) is 6.07 Å². The molecule has 0 atom stereocenters. The van der Waals surface area contributed by atoms with Crippen molar-refractivity contribution in [3.05, 3.63) is 43.5 Å². The molecule has 0 saturated heterocycles. The van der Waals surface area contributed by atoms with Crippen LogP contribution in [0.2, 0.25) is 0 Å². The average Bonchev–Trinajstić information content (AvgIpc) is 2.20. The lowest BCUT2D eigenvalue weighted by molar-refractivity contribution is -0.394. The number of rotatable bonds is 3. The van der Waals surface area contributed by atoms with E-state index >= 15 is 0 Å². The van der Waals surface area contributed by atoms with Crippen molar-refractivity contribution in [1.29, 1.82) is 5.26 Å². The normalized spacial score (nSPS) is 9.50. The van der Waals surface area contributed by atoms with Crippen LogP contribution in [-0.4, -0.2) is 9.85 Å².